The number of carbonyl (C=O) groups excluding carboxylic acids is 1. The number of nitrogens with zero attached hydrogens (tertiary/aromatic N) is 5. The molecule has 7 nitrogen and oxygen atoms in total. The zero-order valence-corrected chi connectivity index (χ0v) is 14.1. The van der Waals surface area contributed by atoms with Gasteiger partial charge >= 0.3 is 0 Å². The van der Waals surface area contributed by atoms with Gasteiger partial charge in [-0.05, 0) is 18.6 Å². The average Bonchev–Trinajstić information content (AvgIpc) is 3.17. The molecule has 0 bridgehead atoms. The van der Waals surface area contributed by atoms with Gasteiger partial charge in [-0.2, -0.15) is 5.10 Å². The molecule has 1 unspecified atom stereocenters. The van der Waals surface area contributed by atoms with Gasteiger partial charge in [-0.15, -0.1) is 0 Å². The fourth-order valence-corrected chi connectivity index (χ4v) is 3.02. The van der Waals surface area contributed by atoms with Crippen LogP contribution in [-0.4, -0.2) is 58.9 Å². The Balaban J connectivity index is 1.60. The van der Waals surface area contributed by atoms with E-state index >= 15 is 0 Å². The number of piperazine rings is 1. The van der Waals surface area contributed by atoms with E-state index in [1.54, 1.807) is 18.0 Å². The van der Waals surface area contributed by atoms with Crippen LogP contribution in [0.4, 0.5) is 5.69 Å². The predicted molar refractivity (Wildman–Crippen MR) is 91.1 cm³/mol. The van der Waals surface area contributed by atoms with E-state index in [4.69, 9.17) is 4.74 Å². The van der Waals surface area contributed by atoms with Crippen molar-refractivity contribution in [1.82, 2.24) is 19.7 Å². The maximum absolute atomic E-state index is 12.8. The molecule has 1 saturated heterocycles. The number of hydrogen-bond acceptors (Lipinski definition) is 5. The number of pyridine rings is 1. The van der Waals surface area contributed by atoms with Crippen LogP contribution in [0.3, 0.4) is 0 Å². The van der Waals surface area contributed by atoms with Crippen molar-refractivity contribution >= 4 is 11.6 Å². The smallest absolute Gasteiger partial charge is 0.247 e. The quantitative estimate of drug-likeness (QED) is 0.833. The van der Waals surface area contributed by atoms with Crippen LogP contribution in [0.1, 0.15) is 19.4 Å². The summed E-state index contributed by atoms with van der Waals surface area (Å²) in [6.45, 7) is 5.04. The molecule has 0 N–H and O–H groups in total. The van der Waals surface area contributed by atoms with Crippen molar-refractivity contribution in [1.29, 1.82) is 0 Å². The van der Waals surface area contributed by atoms with E-state index in [0.29, 0.717) is 19.0 Å². The van der Waals surface area contributed by atoms with Crippen LogP contribution >= 0.6 is 0 Å². The lowest BCUT2D eigenvalue weighted by molar-refractivity contribution is -0.135. The van der Waals surface area contributed by atoms with Crippen LogP contribution < -0.4 is 9.64 Å². The van der Waals surface area contributed by atoms with Crippen LogP contribution in [0, 0.1) is 0 Å². The molecule has 0 radical (unpaired) electrons. The number of rotatable bonds is 5. The normalized spacial score (nSPS) is 16.1. The first-order valence-corrected chi connectivity index (χ1v) is 8.26. The Morgan fingerprint density at radius 3 is 2.62 bits per heavy atom. The fraction of sp³-hybridized carbons (Fsp3) is 0.471. The highest BCUT2D eigenvalue weighted by Gasteiger charge is 2.27. The number of ether oxygens (including phenoxy) is 1. The van der Waals surface area contributed by atoms with Gasteiger partial charge in [0, 0.05) is 44.6 Å². The lowest BCUT2D eigenvalue weighted by atomic mass is 10.1. The molecule has 128 valence electrons. The topological polar surface area (TPSA) is 63.5 Å². The molecule has 1 aliphatic heterocycles. The van der Waals surface area contributed by atoms with Gasteiger partial charge in [0.05, 0.1) is 19.0 Å². The molecule has 3 rings (SSSR count). The Bertz CT molecular complexity index is 648. The molecule has 2 aromatic heterocycles. The van der Waals surface area contributed by atoms with E-state index in [1.807, 2.05) is 42.4 Å². The molecule has 0 spiro atoms. The van der Waals surface area contributed by atoms with E-state index in [2.05, 4.69) is 15.0 Å². The number of hydrogen-bond donors (Lipinski definition) is 0. The van der Waals surface area contributed by atoms with Crippen molar-refractivity contribution in [3.63, 3.8) is 0 Å². The molecule has 0 saturated carbocycles. The van der Waals surface area contributed by atoms with Crippen molar-refractivity contribution in [3.05, 3.63) is 36.8 Å². The molecule has 1 amide bonds. The van der Waals surface area contributed by atoms with Gasteiger partial charge in [-0.1, -0.05) is 6.92 Å². The summed E-state index contributed by atoms with van der Waals surface area (Å²) in [5.41, 5.74) is 1.06. The second-order valence-corrected chi connectivity index (χ2v) is 5.78. The van der Waals surface area contributed by atoms with Crippen LogP contribution in [0.15, 0.2) is 36.8 Å². The predicted octanol–water partition coefficient (Wildman–Crippen LogP) is 1.59. The first-order chi connectivity index (χ1) is 11.7. The number of amides is 1. The molecule has 24 heavy (non-hydrogen) atoms. The molecule has 2 aromatic rings. The molecule has 1 fully saturated rings. The standard InChI is InChI=1S/C17H23N5O2/c1-3-15(22-8-4-7-19-22)17(23)21-11-9-20(10-12-21)14-5-6-16(24-2)18-13-14/h4-8,13,15H,3,9-12H2,1-2H3. The third-order valence-corrected chi connectivity index (χ3v) is 4.40. The van der Waals surface area contributed by atoms with Crippen LogP contribution in [-0.2, 0) is 4.79 Å². The molecular formula is C17H23N5O2. The summed E-state index contributed by atoms with van der Waals surface area (Å²) >= 11 is 0. The summed E-state index contributed by atoms with van der Waals surface area (Å²) in [7, 11) is 1.61. The van der Waals surface area contributed by atoms with E-state index in [-0.39, 0.29) is 11.9 Å². The summed E-state index contributed by atoms with van der Waals surface area (Å²) in [5, 5.41) is 4.22. The van der Waals surface area contributed by atoms with Crippen molar-refractivity contribution in [2.75, 3.05) is 38.2 Å². The van der Waals surface area contributed by atoms with Crippen molar-refractivity contribution < 1.29 is 9.53 Å². The average molecular weight is 329 g/mol. The number of anilines is 1. The number of aromatic nitrogens is 3. The highest BCUT2D eigenvalue weighted by atomic mass is 16.5. The van der Waals surface area contributed by atoms with Crippen molar-refractivity contribution in [2.24, 2.45) is 0 Å². The lowest BCUT2D eigenvalue weighted by Gasteiger charge is -2.37. The summed E-state index contributed by atoms with van der Waals surface area (Å²) in [6.07, 6.45) is 6.12. The molecule has 1 aliphatic rings. The Hall–Kier alpha value is -2.57. The SMILES string of the molecule is CCC(C(=O)N1CCN(c2ccc(OC)nc2)CC1)n1cccn1. The summed E-state index contributed by atoms with van der Waals surface area (Å²) in [4.78, 5) is 21.2. The van der Waals surface area contributed by atoms with Gasteiger partial charge in [-0.3, -0.25) is 9.48 Å². The summed E-state index contributed by atoms with van der Waals surface area (Å²) < 4.78 is 6.84. The summed E-state index contributed by atoms with van der Waals surface area (Å²) in [6, 6.07) is 5.50. The van der Waals surface area contributed by atoms with Gasteiger partial charge < -0.3 is 14.5 Å². The zero-order valence-electron chi connectivity index (χ0n) is 14.1. The highest BCUT2D eigenvalue weighted by Crippen LogP contribution is 2.20. The largest absolute Gasteiger partial charge is 0.481 e. The van der Waals surface area contributed by atoms with Crippen LogP contribution in [0.2, 0.25) is 0 Å². The van der Waals surface area contributed by atoms with E-state index < -0.39 is 0 Å². The molecule has 7 heteroatoms. The minimum atomic E-state index is -0.214. The molecule has 1 atom stereocenters. The molecule has 3 heterocycles. The van der Waals surface area contributed by atoms with E-state index in [9.17, 15) is 4.79 Å². The molecular weight excluding hydrogens is 306 g/mol. The Morgan fingerprint density at radius 2 is 2.08 bits per heavy atom. The molecule has 0 aromatic carbocycles. The Morgan fingerprint density at radius 1 is 1.29 bits per heavy atom. The first kappa shape index (κ1) is 16.3. The van der Waals surface area contributed by atoms with Gasteiger partial charge in [0.15, 0.2) is 0 Å². The molecule has 0 aliphatic carbocycles. The fourth-order valence-electron chi connectivity index (χ4n) is 3.02. The minimum Gasteiger partial charge on any atom is -0.481 e. The van der Waals surface area contributed by atoms with Gasteiger partial charge in [-0.25, -0.2) is 4.98 Å². The number of methoxy groups -OCH3 is 1. The third kappa shape index (κ3) is 3.34. The van der Waals surface area contributed by atoms with Gasteiger partial charge in [0.1, 0.15) is 6.04 Å². The minimum absolute atomic E-state index is 0.147. The Kier molecular flexibility index (Phi) is 4.98. The first-order valence-electron chi connectivity index (χ1n) is 8.26. The highest BCUT2D eigenvalue weighted by molar-refractivity contribution is 5.80. The Labute approximate surface area is 141 Å². The van der Waals surface area contributed by atoms with Crippen molar-refractivity contribution in [2.45, 2.75) is 19.4 Å². The van der Waals surface area contributed by atoms with Crippen LogP contribution in [0.5, 0.6) is 5.88 Å². The maximum atomic E-state index is 12.8. The van der Waals surface area contributed by atoms with Crippen molar-refractivity contribution in [3.8, 4) is 5.88 Å². The monoisotopic (exact) mass is 329 g/mol. The van der Waals surface area contributed by atoms with Crippen LogP contribution in [0.25, 0.3) is 0 Å². The lowest BCUT2D eigenvalue weighted by Crippen LogP contribution is -2.50. The summed E-state index contributed by atoms with van der Waals surface area (Å²) in [5.74, 6) is 0.756. The van der Waals surface area contributed by atoms with E-state index in [0.717, 1.165) is 25.2 Å². The van der Waals surface area contributed by atoms with Gasteiger partial charge in [0.2, 0.25) is 11.8 Å². The maximum Gasteiger partial charge on any atom is 0.247 e. The second kappa shape index (κ2) is 7.33. The third-order valence-electron chi connectivity index (χ3n) is 4.40. The van der Waals surface area contributed by atoms with E-state index in [1.165, 1.54) is 0 Å². The zero-order chi connectivity index (χ0) is 16.9. The van der Waals surface area contributed by atoms with Gasteiger partial charge in [0.25, 0.3) is 0 Å². The second-order valence-electron chi connectivity index (χ2n) is 5.78. The number of carbonyl (C=O) groups is 1.